The molecule has 5 rings (SSSR count). The molecule has 1 aliphatic rings. The Hall–Kier alpha value is -3.15. The summed E-state index contributed by atoms with van der Waals surface area (Å²) in [5.41, 5.74) is 9.75. The quantitative estimate of drug-likeness (QED) is 0.555. The molecule has 3 heterocycles. The number of hydrogen-bond acceptors (Lipinski definition) is 4. The Morgan fingerprint density at radius 1 is 1.13 bits per heavy atom. The molecule has 1 atom stereocenters. The summed E-state index contributed by atoms with van der Waals surface area (Å²) in [5.74, 6) is 0.693. The highest BCUT2D eigenvalue weighted by molar-refractivity contribution is 5.80. The van der Waals surface area contributed by atoms with Crippen LogP contribution in [0.3, 0.4) is 0 Å². The van der Waals surface area contributed by atoms with E-state index in [1.165, 1.54) is 33.6 Å². The van der Waals surface area contributed by atoms with Crippen molar-refractivity contribution in [1.82, 2.24) is 24.4 Å². The van der Waals surface area contributed by atoms with Crippen LogP contribution in [0, 0.1) is 13.8 Å². The molecule has 1 aromatic carbocycles. The Balaban J connectivity index is 1.44. The van der Waals surface area contributed by atoms with E-state index in [1.807, 2.05) is 16.8 Å². The molecule has 30 heavy (non-hydrogen) atoms. The topological polar surface area (TPSA) is 60.0 Å². The predicted molar refractivity (Wildman–Crippen MR) is 120 cm³/mol. The summed E-state index contributed by atoms with van der Waals surface area (Å²) in [7, 11) is 2.06. The summed E-state index contributed by atoms with van der Waals surface area (Å²) < 4.78 is 3.93. The third-order valence-electron chi connectivity index (χ3n) is 6.24. The summed E-state index contributed by atoms with van der Waals surface area (Å²) in [6.45, 7) is 6.46. The smallest absolute Gasteiger partial charge is 0.243 e. The molecule has 1 unspecified atom stereocenters. The molecule has 0 spiro atoms. The molecule has 0 saturated carbocycles. The molecule has 0 amide bonds. The first-order chi connectivity index (χ1) is 14.5. The summed E-state index contributed by atoms with van der Waals surface area (Å²) in [4.78, 5) is 4.86. The predicted octanol–water partition coefficient (Wildman–Crippen LogP) is 4.28. The fraction of sp³-hybridized carbons (Fsp3) is 0.375. The third-order valence-corrected chi connectivity index (χ3v) is 6.24. The van der Waals surface area contributed by atoms with E-state index in [1.54, 1.807) is 0 Å². The minimum atomic E-state index is 0.319. The first kappa shape index (κ1) is 18.9. The zero-order valence-electron chi connectivity index (χ0n) is 18.1. The van der Waals surface area contributed by atoms with E-state index in [2.05, 4.69) is 62.1 Å². The molecule has 0 bridgehead atoms. The second-order valence-electron chi connectivity index (χ2n) is 8.38. The van der Waals surface area contributed by atoms with E-state index < -0.39 is 0 Å². The van der Waals surface area contributed by atoms with Crippen LogP contribution in [0.15, 0.2) is 36.5 Å². The molecule has 0 saturated heterocycles. The highest BCUT2D eigenvalue weighted by atomic mass is 15.4. The number of aromatic nitrogens is 5. The van der Waals surface area contributed by atoms with Gasteiger partial charge in [-0.25, -0.2) is 4.52 Å². The molecular formula is C24H28N6. The number of aryl methyl sites for hydroxylation is 4. The van der Waals surface area contributed by atoms with Gasteiger partial charge in [-0.1, -0.05) is 30.7 Å². The molecule has 154 valence electrons. The summed E-state index contributed by atoms with van der Waals surface area (Å²) >= 11 is 0. The number of nitrogens with one attached hydrogen (secondary N) is 1. The molecule has 4 aromatic rings. The van der Waals surface area contributed by atoms with Crippen molar-refractivity contribution in [2.75, 3.05) is 5.32 Å². The first-order valence-corrected chi connectivity index (χ1v) is 10.8. The van der Waals surface area contributed by atoms with Crippen molar-refractivity contribution in [1.29, 1.82) is 0 Å². The van der Waals surface area contributed by atoms with Crippen LogP contribution in [0.2, 0.25) is 0 Å². The lowest BCUT2D eigenvalue weighted by atomic mass is 9.91. The number of benzene rings is 1. The molecule has 0 fully saturated rings. The van der Waals surface area contributed by atoms with Gasteiger partial charge in [-0.15, -0.1) is 5.10 Å². The van der Waals surface area contributed by atoms with Crippen LogP contribution < -0.4 is 5.32 Å². The van der Waals surface area contributed by atoms with E-state index in [9.17, 15) is 0 Å². The summed E-state index contributed by atoms with van der Waals surface area (Å²) in [5, 5.41) is 13.0. The molecule has 3 aromatic heterocycles. The highest BCUT2D eigenvalue weighted by Gasteiger charge is 2.25. The minimum Gasteiger partial charge on any atom is -0.350 e. The van der Waals surface area contributed by atoms with E-state index >= 15 is 0 Å². The molecule has 6 heteroatoms. The molecule has 0 aliphatic heterocycles. The lowest BCUT2D eigenvalue weighted by molar-refractivity contribution is 0.571. The third kappa shape index (κ3) is 3.16. The van der Waals surface area contributed by atoms with E-state index in [4.69, 9.17) is 15.2 Å². The number of fused-ring (bicyclic) bond motifs is 2. The number of nitrogens with zero attached hydrogens (tertiary/aromatic N) is 5. The van der Waals surface area contributed by atoms with Crippen LogP contribution in [0.4, 0.5) is 5.95 Å². The SMILES string of the molecule is CCc1nn(C)c2c1CCC(Nc1nc3c(-c4ccc(C)cc4C)cccn3n1)C2. The van der Waals surface area contributed by atoms with Gasteiger partial charge in [-0.2, -0.15) is 10.1 Å². The van der Waals surface area contributed by atoms with Crippen molar-refractivity contribution in [3.8, 4) is 11.1 Å². The van der Waals surface area contributed by atoms with Gasteiger partial charge in [-0.05, 0) is 61.9 Å². The Bertz CT molecular complexity index is 1230. The standard InChI is InChI=1S/C24H28N6/c1-5-21-20-11-9-17(14-22(20)29(4)27-21)25-24-26-23-19(7-6-12-30(23)28-24)18-10-8-15(2)13-16(18)3/h6-8,10,12-13,17H,5,9,11,14H2,1-4H3,(H,25,28). The zero-order chi connectivity index (χ0) is 20.8. The van der Waals surface area contributed by atoms with Gasteiger partial charge in [0, 0.05) is 37.0 Å². The van der Waals surface area contributed by atoms with Crippen molar-refractivity contribution in [2.24, 2.45) is 7.05 Å². The van der Waals surface area contributed by atoms with Crippen molar-refractivity contribution in [2.45, 2.75) is 52.5 Å². The Morgan fingerprint density at radius 2 is 2.00 bits per heavy atom. The van der Waals surface area contributed by atoms with E-state index in [0.717, 1.165) is 36.9 Å². The average molecular weight is 401 g/mol. The summed E-state index contributed by atoms with van der Waals surface area (Å²) in [6, 6.07) is 11.0. The lowest BCUT2D eigenvalue weighted by Crippen LogP contribution is -2.29. The Kier molecular flexibility index (Phi) is 4.57. The number of rotatable bonds is 4. The molecular weight excluding hydrogens is 372 g/mol. The van der Waals surface area contributed by atoms with Gasteiger partial charge in [0.25, 0.3) is 0 Å². The average Bonchev–Trinajstić information content (AvgIpc) is 3.28. The highest BCUT2D eigenvalue weighted by Crippen LogP contribution is 2.29. The van der Waals surface area contributed by atoms with Gasteiger partial charge in [0.1, 0.15) is 0 Å². The van der Waals surface area contributed by atoms with Gasteiger partial charge in [0.05, 0.1) is 5.69 Å². The van der Waals surface area contributed by atoms with Crippen molar-refractivity contribution < 1.29 is 0 Å². The minimum absolute atomic E-state index is 0.319. The van der Waals surface area contributed by atoms with Gasteiger partial charge in [0.2, 0.25) is 5.95 Å². The Morgan fingerprint density at radius 3 is 2.80 bits per heavy atom. The van der Waals surface area contributed by atoms with Crippen molar-refractivity contribution in [3.63, 3.8) is 0 Å². The van der Waals surface area contributed by atoms with Gasteiger partial charge >= 0.3 is 0 Å². The van der Waals surface area contributed by atoms with Crippen LogP contribution in [-0.2, 0) is 26.3 Å². The lowest BCUT2D eigenvalue weighted by Gasteiger charge is -2.23. The second kappa shape index (κ2) is 7.27. The van der Waals surface area contributed by atoms with E-state index in [-0.39, 0.29) is 0 Å². The maximum Gasteiger partial charge on any atom is 0.243 e. The van der Waals surface area contributed by atoms with Gasteiger partial charge in [-0.3, -0.25) is 4.68 Å². The second-order valence-corrected chi connectivity index (χ2v) is 8.38. The van der Waals surface area contributed by atoms with Gasteiger partial charge in [0.15, 0.2) is 5.65 Å². The van der Waals surface area contributed by atoms with Gasteiger partial charge < -0.3 is 5.32 Å². The van der Waals surface area contributed by atoms with Crippen LogP contribution in [0.25, 0.3) is 16.8 Å². The molecule has 1 N–H and O–H groups in total. The van der Waals surface area contributed by atoms with Crippen molar-refractivity contribution >= 4 is 11.6 Å². The summed E-state index contributed by atoms with van der Waals surface area (Å²) in [6.07, 6.45) is 6.05. The Labute approximate surface area is 177 Å². The van der Waals surface area contributed by atoms with Crippen LogP contribution >= 0.6 is 0 Å². The molecule has 0 radical (unpaired) electrons. The first-order valence-electron chi connectivity index (χ1n) is 10.8. The normalized spacial score (nSPS) is 16.1. The number of hydrogen-bond donors (Lipinski definition) is 1. The number of pyridine rings is 1. The largest absolute Gasteiger partial charge is 0.350 e. The van der Waals surface area contributed by atoms with Crippen LogP contribution in [0.5, 0.6) is 0 Å². The van der Waals surface area contributed by atoms with Crippen LogP contribution in [0.1, 0.15) is 41.4 Å². The maximum absolute atomic E-state index is 4.86. The maximum atomic E-state index is 4.86. The van der Waals surface area contributed by atoms with Crippen LogP contribution in [-0.4, -0.2) is 30.4 Å². The number of anilines is 1. The molecule has 1 aliphatic carbocycles. The molecule has 6 nitrogen and oxygen atoms in total. The zero-order valence-corrected chi connectivity index (χ0v) is 18.1. The monoisotopic (exact) mass is 400 g/mol. The van der Waals surface area contributed by atoms with Crippen molar-refractivity contribution in [3.05, 3.63) is 64.6 Å². The fourth-order valence-corrected chi connectivity index (χ4v) is 4.74. The fourth-order valence-electron chi connectivity index (χ4n) is 4.74. The van der Waals surface area contributed by atoms with E-state index in [0.29, 0.717) is 12.0 Å².